The Kier molecular flexibility index (Phi) is 4.71. The fraction of sp³-hybridized carbons (Fsp3) is 0.412. The Labute approximate surface area is 134 Å². The van der Waals surface area contributed by atoms with E-state index in [1.807, 2.05) is 0 Å². The zero-order valence-corrected chi connectivity index (χ0v) is 13.0. The summed E-state index contributed by atoms with van der Waals surface area (Å²) in [7, 11) is 1.43. The molecule has 1 saturated heterocycles. The van der Waals surface area contributed by atoms with Crippen molar-refractivity contribution >= 4 is 5.97 Å². The molecule has 5 nitrogen and oxygen atoms in total. The van der Waals surface area contributed by atoms with Crippen LogP contribution < -0.4 is 0 Å². The third-order valence-electron chi connectivity index (χ3n) is 4.13. The molecule has 1 aromatic heterocycles. The molecule has 1 aromatic carbocycles. The lowest BCUT2D eigenvalue weighted by Crippen LogP contribution is -2.36. The first-order valence-corrected chi connectivity index (χ1v) is 7.66. The second-order valence-electron chi connectivity index (χ2n) is 5.73. The van der Waals surface area contributed by atoms with Gasteiger partial charge in [0.05, 0.1) is 18.7 Å². The number of oxazole rings is 1. The number of hydrogen-bond donors (Lipinski definition) is 0. The van der Waals surface area contributed by atoms with E-state index >= 15 is 0 Å². The van der Waals surface area contributed by atoms with E-state index in [1.165, 1.54) is 19.2 Å². The zero-order chi connectivity index (χ0) is 16.2. The lowest BCUT2D eigenvalue weighted by molar-refractivity contribution is -0.147. The van der Waals surface area contributed by atoms with Crippen LogP contribution in [0.25, 0.3) is 11.5 Å². The molecule has 0 radical (unpaired) electrons. The number of carbonyl (C=O) groups excluding carboxylic acids is 1. The van der Waals surface area contributed by atoms with Gasteiger partial charge in [-0.05, 0) is 44.1 Å². The van der Waals surface area contributed by atoms with Crippen LogP contribution in [0.3, 0.4) is 0 Å². The highest BCUT2D eigenvalue weighted by Crippen LogP contribution is 2.22. The Morgan fingerprint density at radius 2 is 2.22 bits per heavy atom. The van der Waals surface area contributed by atoms with Crippen LogP contribution in [0.1, 0.15) is 18.5 Å². The Bertz CT molecular complexity index is 678. The maximum Gasteiger partial charge on any atom is 0.308 e. The van der Waals surface area contributed by atoms with Crippen LogP contribution in [0, 0.1) is 11.7 Å². The predicted octanol–water partition coefficient (Wildman–Crippen LogP) is 2.87. The van der Waals surface area contributed by atoms with Crippen molar-refractivity contribution in [1.82, 2.24) is 9.88 Å². The molecular weight excluding hydrogens is 299 g/mol. The Morgan fingerprint density at radius 1 is 1.43 bits per heavy atom. The SMILES string of the molecule is COC(=O)C1CCN(Cc2coc(-c3cccc(F)c3)n2)CC1. The van der Waals surface area contributed by atoms with Crippen LogP contribution in [0.15, 0.2) is 34.9 Å². The number of likely N-dealkylation sites (tertiary alicyclic amines) is 1. The van der Waals surface area contributed by atoms with Crippen molar-refractivity contribution in [2.24, 2.45) is 5.92 Å². The lowest BCUT2D eigenvalue weighted by Gasteiger charge is -2.29. The third-order valence-corrected chi connectivity index (χ3v) is 4.13. The van der Waals surface area contributed by atoms with Gasteiger partial charge in [-0.25, -0.2) is 9.37 Å². The summed E-state index contributed by atoms with van der Waals surface area (Å²) in [6.07, 6.45) is 3.19. The van der Waals surface area contributed by atoms with E-state index < -0.39 is 0 Å². The second-order valence-corrected chi connectivity index (χ2v) is 5.73. The van der Waals surface area contributed by atoms with Gasteiger partial charge in [0.2, 0.25) is 5.89 Å². The molecule has 2 heterocycles. The molecule has 0 bridgehead atoms. The normalized spacial score (nSPS) is 16.4. The van der Waals surface area contributed by atoms with Crippen molar-refractivity contribution in [2.45, 2.75) is 19.4 Å². The fourth-order valence-corrected chi connectivity index (χ4v) is 2.86. The Balaban J connectivity index is 1.59. The molecule has 6 heteroatoms. The van der Waals surface area contributed by atoms with E-state index in [-0.39, 0.29) is 17.7 Å². The van der Waals surface area contributed by atoms with Gasteiger partial charge in [0.1, 0.15) is 12.1 Å². The minimum absolute atomic E-state index is 0.00332. The molecule has 2 aromatic rings. The molecule has 3 rings (SSSR count). The van der Waals surface area contributed by atoms with Gasteiger partial charge >= 0.3 is 5.97 Å². The summed E-state index contributed by atoms with van der Waals surface area (Å²) in [6, 6.07) is 6.18. The summed E-state index contributed by atoms with van der Waals surface area (Å²) in [5.74, 6) is -0.0213. The maximum absolute atomic E-state index is 13.2. The Hall–Kier alpha value is -2.21. The number of ether oxygens (including phenoxy) is 1. The van der Waals surface area contributed by atoms with Crippen LogP contribution in [0.2, 0.25) is 0 Å². The van der Waals surface area contributed by atoms with Gasteiger partial charge in [-0.15, -0.1) is 0 Å². The third kappa shape index (κ3) is 3.76. The van der Waals surface area contributed by atoms with E-state index in [2.05, 4.69) is 9.88 Å². The summed E-state index contributed by atoms with van der Waals surface area (Å²) in [6.45, 7) is 2.30. The van der Waals surface area contributed by atoms with E-state index in [9.17, 15) is 9.18 Å². The highest BCUT2D eigenvalue weighted by molar-refractivity contribution is 5.72. The van der Waals surface area contributed by atoms with Crippen molar-refractivity contribution in [3.05, 3.63) is 42.0 Å². The van der Waals surface area contributed by atoms with Gasteiger partial charge in [-0.3, -0.25) is 9.69 Å². The largest absolute Gasteiger partial charge is 0.469 e. The number of aromatic nitrogens is 1. The molecule has 23 heavy (non-hydrogen) atoms. The molecule has 0 unspecified atom stereocenters. The standard InChI is InChI=1S/C17H19FN2O3/c1-22-17(21)12-5-7-20(8-6-12)10-15-11-23-16(19-15)13-3-2-4-14(18)9-13/h2-4,9,11-12H,5-8,10H2,1H3. The molecule has 0 saturated carbocycles. The van der Waals surface area contributed by atoms with Crippen molar-refractivity contribution < 1.29 is 18.3 Å². The zero-order valence-electron chi connectivity index (χ0n) is 13.0. The van der Waals surface area contributed by atoms with Gasteiger partial charge in [0, 0.05) is 12.1 Å². The van der Waals surface area contributed by atoms with Gasteiger partial charge in [0.15, 0.2) is 0 Å². The van der Waals surface area contributed by atoms with Gasteiger partial charge < -0.3 is 9.15 Å². The minimum Gasteiger partial charge on any atom is -0.469 e. The van der Waals surface area contributed by atoms with Crippen LogP contribution in [-0.2, 0) is 16.1 Å². The molecule has 0 spiro atoms. The molecule has 122 valence electrons. The second kappa shape index (κ2) is 6.91. The van der Waals surface area contributed by atoms with Crippen molar-refractivity contribution in [1.29, 1.82) is 0 Å². The van der Waals surface area contributed by atoms with Crippen LogP contribution >= 0.6 is 0 Å². The van der Waals surface area contributed by atoms with Crippen molar-refractivity contribution in [3.63, 3.8) is 0 Å². The fourth-order valence-electron chi connectivity index (χ4n) is 2.86. The smallest absolute Gasteiger partial charge is 0.308 e. The van der Waals surface area contributed by atoms with E-state index in [0.29, 0.717) is 18.0 Å². The monoisotopic (exact) mass is 318 g/mol. The number of piperidine rings is 1. The van der Waals surface area contributed by atoms with Crippen molar-refractivity contribution in [3.8, 4) is 11.5 Å². The highest BCUT2D eigenvalue weighted by Gasteiger charge is 2.26. The topological polar surface area (TPSA) is 55.6 Å². The molecule has 1 aliphatic rings. The van der Waals surface area contributed by atoms with Gasteiger partial charge in [-0.2, -0.15) is 0 Å². The average molecular weight is 318 g/mol. The number of nitrogens with zero attached hydrogens (tertiary/aromatic N) is 2. The number of methoxy groups -OCH3 is 1. The molecule has 0 aliphatic carbocycles. The summed E-state index contributed by atoms with van der Waals surface area (Å²) in [4.78, 5) is 18.2. The highest BCUT2D eigenvalue weighted by atomic mass is 19.1. The molecule has 0 N–H and O–H groups in total. The molecule has 0 atom stereocenters. The molecule has 0 amide bonds. The summed E-state index contributed by atoms with van der Waals surface area (Å²) in [5.41, 5.74) is 1.43. The number of carbonyl (C=O) groups is 1. The Morgan fingerprint density at radius 3 is 2.91 bits per heavy atom. The number of benzene rings is 1. The summed E-state index contributed by atoms with van der Waals surface area (Å²) >= 11 is 0. The molecule has 1 aliphatic heterocycles. The van der Waals surface area contributed by atoms with E-state index in [4.69, 9.17) is 9.15 Å². The van der Waals surface area contributed by atoms with Crippen molar-refractivity contribution in [2.75, 3.05) is 20.2 Å². The maximum atomic E-state index is 13.2. The molecule has 1 fully saturated rings. The summed E-state index contributed by atoms with van der Waals surface area (Å²) in [5, 5.41) is 0. The van der Waals surface area contributed by atoms with E-state index in [0.717, 1.165) is 31.6 Å². The first-order chi connectivity index (χ1) is 11.2. The van der Waals surface area contributed by atoms with E-state index in [1.54, 1.807) is 18.4 Å². The van der Waals surface area contributed by atoms with Crippen LogP contribution in [-0.4, -0.2) is 36.1 Å². The van der Waals surface area contributed by atoms with Gasteiger partial charge in [0.25, 0.3) is 0 Å². The van der Waals surface area contributed by atoms with Crippen LogP contribution in [0.4, 0.5) is 4.39 Å². The quantitative estimate of drug-likeness (QED) is 0.811. The molecular formula is C17H19FN2O3. The first-order valence-electron chi connectivity index (χ1n) is 7.66. The minimum atomic E-state index is -0.313. The lowest BCUT2D eigenvalue weighted by atomic mass is 9.97. The summed E-state index contributed by atoms with van der Waals surface area (Å²) < 4.78 is 23.5. The van der Waals surface area contributed by atoms with Crippen LogP contribution in [0.5, 0.6) is 0 Å². The first kappa shape index (κ1) is 15.7. The number of rotatable bonds is 4. The number of hydrogen-bond acceptors (Lipinski definition) is 5. The number of esters is 1. The number of halogens is 1. The average Bonchev–Trinajstić information content (AvgIpc) is 3.03. The predicted molar refractivity (Wildman–Crippen MR) is 81.9 cm³/mol. The van der Waals surface area contributed by atoms with Gasteiger partial charge in [-0.1, -0.05) is 6.07 Å².